The molecule has 13 heteroatoms. The van der Waals surface area contributed by atoms with Crippen LogP contribution in [-0.4, -0.2) is 34.0 Å². The molecule has 5 aromatic rings. The molecule has 0 bridgehead atoms. The maximum Gasteiger partial charge on any atom is 0.266 e. The predicted molar refractivity (Wildman–Crippen MR) is 154 cm³/mol. The average Bonchev–Trinajstić information content (AvgIpc) is 3.71. The monoisotopic (exact) mass is 589 g/mol. The number of nitrogens with two attached hydrogens (primary N) is 1. The summed E-state index contributed by atoms with van der Waals surface area (Å²) in [5.74, 6) is -1.09. The summed E-state index contributed by atoms with van der Waals surface area (Å²) in [6.07, 6.45) is 2.84. The highest BCUT2D eigenvalue weighted by Crippen LogP contribution is 2.46. The lowest BCUT2D eigenvalue weighted by molar-refractivity contribution is 0.572. The second-order valence-electron chi connectivity index (χ2n) is 10.6. The molecule has 1 fully saturated rings. The van der Waals surface area contributed by atoms with Gasteiger partial charge in [0, 0.05) is 13.1 Å². The molecular weight excluding hydrogens is 564 g/mol. The van der Waals surface area contributed by atoms with Crippen LogP contribution >= 0.6 is 0 Å². The molecule has 2 heterocycles. The molecule has 0 aliphatic heterocycles. The van der Waals surface area contributed by atoms with Crippen LogP contribution in [0.15, 0.2) is 53.3 Å². The zero-order valence-electron chi connectivity index (χ0n) is 22.6. The topological polar surface area (TPSA) is 149 Å². The molecule has 2 aromatic heterocycles. The van der Waals surface area contributed by atoms with Crippen molar-refractivity contribution in [3.8, 4) is 11.8 Å². The van der Waals surface area contributed by atoms with Crippen molar-refractivity contribution < 1.29 is 17.2 Å². The van der Waals surface area contributed by atoms with Crippen molar-refractivity contribution >= 4 is 37.6 Å². The van der Waals surface area contributed by atoms with E-state index in [1.165, 1.54) is 27.4 Å². The molecule has 10 nitrogen and oxygen atoms in total. The number of rotatable bonds is 7. The molecule has 0 unspecified atom stereocenters. The van der Waals surface area contributed by atoms with Crippen molar-refractivity contribution in [2.75, 3.05) is 11.0 Å². The van der Waals surface area contributed by atoms with Crippen molar-refractivity contribution in [3.63, 3.8) is 0 Å². The van der Waals surface area contributed by atoms with Crippen molar-refractivity contribution in [2.24, 2.45) is 12.8 Å². The number of hydrogen-bond acceptors (Lipinski definition) is 7. The first-order valence-electron chi connectivity index (χ1n) is 13.1. The van der Waals surface area contributed by atoms with E-state index >= 15 is 0 Å². The maximum absolute atomic E-state index is 14.2. The van der Waals surface area contributed by atoms with Gasteiger partial charge < -0.3 is 5.73 Å². The highest BCUT2D eigenvalue weighted by atomic mass is 32.2. The fraction of sp³-hybridized carbons (Fsp3) is 0.241. The summed E-state index contributed by atoms with van der Waals surface area (Å²) in [6, 6.07) is 12.2. The summed E-state index contributed by atoms with van der Waals surface area (Å²) >= 11 is 0. The Balaban J connectivity index is 1.64. The van der Waals surface area contributed by atoms with Crippen LogP contribution in [0.4, 0.5) is 14.6 Å². The lowest BCUT2D eigenvalue weighted by atomic mass is 10.0. The quantitative estimate of drug-likeness (QED) is 0.292. The molecule has 0 spiro atoms. The molecular formula is C29H25F2N7O3S. The van der Waals surface area contributed by atoms with Crippen LogP contribution in [0.1, 0.15) is 47.3 Å². The van der Waals surface area contributed by atoms with Gasteiger partial charge in [0.1, 0.15) is 17.5 Å². The third kappa shape index (κ3) is 4.99. The largest absolute Gasteiger partial charge is 0.321 e. The van der Waals surface area contributed by atoms with Crippen molar-refractivity contribution in [1.82, 2.24) is 19.3 Å². The Morgan fingerprint density at radius 1 is 1.14 bits per heavy atom. The lowest BCUT2D eigenvalue weighted by Crippen LogP contribution is -2.30. The number of halogens is 2. The zero-order chi connectivity index (χ0) is 29.9. The molecule has 1 aliphatic rings. The minimum atomic E-state index is -3.68. The summed E-state index contributed by atoms with van der Waals surface area (Å²) < 4.78 is 57.7. The van der Waals surface area contributed by atoms with Crippen molar-refractivity contribution in [2.45, 2.75) is 31.2 Å². The second-order valence-corrected chi connectivity index (χ2v) is 12.3. The van der Waals surface area contributed by atoms with Gasteiger partial charge in [-0.25, -0.2) is 22.2 Å². The lowest BCUT2D eigenvalue weighted by Gasteiger charge is -2.20. The van der Waals surface area contributed by atoms with Gasteiger partial charge in [-0.2, -0.15) is 10.4 Å². The van der Waals surface area contributed by atoms with E-state index in [4.69, 9.17) is 10.7 Å². The van der Waals surface area contributed by atoms with E-state index in [9.17, 15) is 27.3 Å². The van der Waals surface area contributed by atoms with E-state index in [-0.39, 0.29) is 46.0 Å². The van der Waals surface area contributed by atoms with Gasteiger partial charge in [0.05, 0.1) is 51.4 Å². The number of nitrogens with one attached hydrogen (secondary N) is 1. The first kappa shape index (κ1) is 27.5. The molecule has 1 atom stereocenters. The van der Waals surface area contributed by atoms with Crippen LogP contribution in [0.25, 0.3) is 27.5 Å². The number of nitriles is 1. The van der Waals surface area contributed by atoms with E-state index in [2.05, 4.69) is 9.82 Å². The summed E-state index contributed by atoms with van der Waals surface area (Å²) in [5.41, 5.74) is 8.64. The van der Waals surface area contributed by atoms with Crippen LogP contribution in [0.2, 0.25) is 0 Å². The molecule has 214 valence electrons. The Kier molecular flexibility index (Phi) is 6.55. The number of anilines is 1. The summed E-state index contributed by atoms with van der Waals surface area (Å²) in [7, 11) is -2.03. The maximum atomic E-state index is 14.2. The summed E-state index contributed by atoms with van der Waals surface area (Å²) in [5, 5.41) is 14.6. The smallest absolute Gasteiger partial charge is 0.266 e. The summed E-state index contributed by atoms with van der Waals surface area (Å²) in [6.45, 7) is 0. The highest BCUT2D eigenvalue weighted by Gasteiger charge is 2.31. The zero-order valence-corrected chi connectivity index (χ0v) is 23.4. The molecule has 3 aromatic carbocycles. The number of benzene rings is 3. The highest BCUT2D eigenvalue weighted by molar-refractivity contribution is 7.92. The van der Waals surface area contributed by atoms with Gasteiger partial charge in [-0.3, -0.25) is 18.8 Å². The molecule has 0 radical (unpaired) electrons. The Hall–Kier alpha value is -4.67. The molecule has 42 heavy (non-hydrogen) atoms. The Labute approximate surface area is 239 Å². The van der Waals surface area contributed by atoms with E-state index in [1.807, 2.05) is 12.1 Å². The Bertz CT molecular complexity index is 2110. The molecule has 0 saturated heterocycles. The fourth-order valence-electron chi connectivity index (χ4n) is 5.41. The van der Waals surface area contributed by atoms with Gasteiger partial charge >= 0.3 is 0 Å². The molecule has 1 saturated carbocycles. The SMILES string of the molecule is Cn1nc(NS(C)(=O)=O)c2c(C3CC3)ccc(-n3c([C@@H](N)Cc4cc(F)cc(F)c4)nc4cc(C#N)ccc4c3=O)c21. The van der Waals surface area contributed by atoms with Gasteiger partial charge in [-0.1, -0.05) is 6.07 Å². The average molecular weight is 590 g/mol. The first-order chi connectivity index (χ1) is 19.9. The number of nitrogens with zero attached hydrogens (tertiary/aromatic N) is 5. The van der Waals surface area contributed by atoms with Gasteiger partial charge in [0.15, 0.2) is 5.82 Å². The van der Waals surface area contributed by atoms with Crippen LogP contribution in [0.5, 0.6) is 0 Å². The Morgan fingerprint density at radius 2 is 1.86 bits per heavy atom. The molecule has 1 aliphatic carbocycles. The van der Waals surface area contributed by atoms with Crippen molar-refractivity contribution in [3.05, 3.63) is 93.0 Å². The number of aromatic nitrogens is 4. The molecule has 6 rings (SSSR count). The number of fused-ring (bicyclic) bond motifs is 2. The van der Waals surface area contributed by atoms with E-state index in [0.29, 0.717) is 16.6 Å². The van der Waals surface area contributed by atoms with Crippen molar-refractivity contribution in [1.29, 1.82) is 5.26 Å². The normalized spacial score (nSPS) is 14.3. The number of aryl methyl sites for hydroxylation is 1. The van der Waals surface area contributed by atoms with E-state index < -0.39 is 33.3 Å². The third-order valence-corrected chi connectivity index (χ3v) is 7.84. The van der Waals surface area contributed by atoms with Gasteiger partial charge in [-0.15, -0.1) is 0 Å². The number of hydrogen-bond donors (Lipinski definition) is 2. The van der Waals surface area contributed by atoms with Crippen LogP contribution < -0.4 is 16.0 Å². The number of sulfonamides is 1. The third-order valence-electron chi connectivity index (χ3n) is 7.27. The first-order valence-corrected chi connectivity index (χ1v) is 15.0. The minimum Gasteiger partial charge on any atom is -0.321 e. The summed E-state index contributed by atoms with van der Waals surface area (Å²) in [4.78, 5) is 18.9. The predicted octanol–water partition coefficient (Wildman–Crippen LogP) is 3.91. The van der Waals surface area contributed by atoms with Crippen LogP contribution in [0.3, 0.4) is 0 Å². The standard InChI is InChI=1S/C29H25F2N7O3S/c1-37-26-24(8-7-20(17-4-5-17)25(26)27(35-37)36-42(2,40)41)38-28(22(33)11-16-9-18(30)13-19(31)10-16)34-23-12-15(14-32)3-6-21(23)29(38)39/h3,6-10,12-13,17,22H,4-5,11,33H2,1-2H3,(H,35,36)/t22-/m0/s1. The van der Waals surface area contributed by atoms with Gasteiger partial charge in [0.2, 0.25) is 10.0 Å². The second kappa shape index (κ2) is 10.0. The van der Waals surface area contributed by atoms with E-state index in [0.717, 1.165) is 42.9 Å². The van der Waals surface area contributed by atoms with Gasteiger partial charge in [0.25, 0.3) is 5.56 Å². The van der Waals surface area contributed by atoms with Gasteiger partial charge in [-0.05, 0) is 72.7 Å². The van der Waals surface area contributed by atoms with E-state index in [1.54, 1.807) is 13.1 Å². The fourth-order valence-corrected chi connectivity index (χ4v) is 5.91. The van der Waals surface area contributed by atoms with Crippen LogP contribution in [-0.2, 0) is 23.5 Å². The minimum absolute atomic E-state index is 0.0554. The van der Waals surface area contributed by atoms with Crippen LogP contribution in [0, 0.1) is 23.0 Å². The Morgan fingerprint density at radius 3 is 2.50 bits per heavy atom. The molecule has 0 amide bonds. The molecule has 3 N–H and O–H groups in total.